The van der Waals surface area contributed by atoms with Gasteiger partial charge < -0.3 is 9.62 Å². The highest BCUT2D eigenvalue weighted by atomic mass is 17.2. The molecule has 1 aromatic carbocycles. The molecule has 0 atom stereocenters. The van der Waals surface area contributed by atoms with E-state index in [0.29, 0.717) is 11.3 Å². The molecule has 0 bridgehead atoms. The predicted octanol–water partition coefficient (Wildman–Crippen LogP) is 2.12. The van der Waals surface area contributed by atoms with E-state index in [1.54, 1.807) is 19.1 Å². The van der Waals surface area contributed by atoms with Crippen molar-refractivity contribution in [2.45, 2.75) is 6.92 Å². The number of hydrogen-bond donors (Lipinski definition) is 0. The van der Waals surface area contributed by atoms with Gasteiger partial charge in [-0.15, -0.1) is 0 Å². The van der Waals surface area contributed by atoms with E-state index in [9.17, 15) is 4.79 Å². The molecule has 0 saturated heterocycles. The second-order valence-corrected chi connectivity index (χ2v) is 3.13. The van der Waals surface area contributed by atoms with Crippen molar-refractivity contribution in [1.29, 1.82) is 0 Å². The topological polar surface area (TPSA) is 44.8 Å². The molecule has 0 saturated carbocycles. The Morgan fingerprint density at radius 3 is 2.56 bits per heavy atom. The summed E-state index contributed by atoms with van der Waals surface area (Å²) in [5, 5.41) is 0. The van der Waals surface area contributed by atoms with Crippen LogP contribution in [0.25, 0.3) is 0 Å². The lowest BCUT2D eigenvalue weighted by molar-refractivity contribution is -0.214. The van der Waals surface area contributed by atoms with Crippen LogP contribution >= 0.6 is 0 Å². The summed E-state index contributed by atoms with van der Waals surface area (Å²) in [4.78, 5) is 20.7. The molecule has 0 unspecified atom stereocenters. The largest absolute Gasteiger partial charge is 0.460 e. The van der Waals surface area contributed by atoms with Crippen molar-refractivity contribution in [3.63, 3.8) is 0 Å². The van der Waals surface area contributed by atoms with Gasteiger partial charge in [0.25, 0.3) is 0 Å². The summed E-state index contributed by atoms with van der Waals surface area (Å²) in [6, 6.07) is 9.07. The molecule has 1 aromatic rings. The number of ether oxygens (including phenoxy) is 1. The molecule has 0 radical (unpaired) electrons. The first-order chi connectivity index (χ1) is 7.70. The molecular weight excluding hydrogens is 208 g/mol. The minimum absolute atomic E-state index is 0.137. The fourth-order valence-electron chi connectivity index (χ4n) is 0.877. The fourth-order valence-corrected chi connectivity index (χ4v) is 0.877. The van der Waals surface area contributed by atoms with Crippen LogP contribution in [-0.4, -0.2) is 19.2 Å². The van der Waals surface area contributed by atoms with Crippen LogP contribution in [0.1, 0.15) is 6.92 Å². The van der Waals surface area contributed by atoms with Gasteiger partial charge in [-0.05, 0) is 19.1 Å². The first-order valence-electron chi connectivity index (χ1n) is 4.87. The molecule has 4 nitrogen and oxygen atoms in total. The summed E-state index contributed by atoms with van der Waals surface area (Å²) >= 11 is 0. The van der Waals surface area contributed by atoms with E-state index in [1.165, 1.54) is 0 Å². The molecular formula is C12H14O4. The third kappa shape index (κ3) is 4.61. The van der Waals surface area contributed by atoms with E-state index < -0.39 is 5.97 Å². The fraction of sp³-hybridized carbons (Fsp3) is 0.250. The van der Waals surface area contributed by atoms with Crippen LogP contribution in [0.15, 0.2) is 42.5 Å². The molecule has 0 amide bonds. The number of para-hydroxylation sites is 1. The first-order valence-corrected chi connectivity index (χ1v) is 4.87. The van der Waals surface area contributed by atoms with E-state index >= 15 is 0 Å². The molecule has 0 N–H and O–H groups in total. The van der Waals surface area contributed by atoms with Crippen molar-refractivity contribution in [2.75, 3.05) is 13.2 Å². The molecule has 0 aromatic heterocycles. The number of benzene rings is 1. The van der Waals surface area contributed by atoms with Crippen LogP contribution in [0.4, 0.5) is 0 Å². The maximum atomic E-state index is 11.0. The number of hydrogen-bond acceptors (Lipinski definition) is 4. The number of rotatable bonds is 6. The zero-order chi connectivity index (χ0) is 11.8. The molecule has 0 heterocycles. The summed E-state index contributed by atoms with van der Waals surface area (Å²) in [5.41, 5.74) is 0.365. The summed E-state index contributed by atoms with van der Waals surface area (Å²) in [7, 11) is 0. The second-order valence-electron chi connectivity index (χ2n) is 3.13. The minimum atomic E-state index is -0.427. The lowest BCUT2D eigenvalue weighted by Crippen LogP contribution is -2.12. The van der Waals surface area contributed by atoms with Crippen molar-refractivity contribution in [2.24, 2.45) is 0 Å². The third-order valence-corrected chi connectivity index (χ3v) is 1.65. The molecule has 0 spiro atoms. The third-order valence-electron chi connectivity index (χ3n) is 1.65. The SMILES string of the molecule is C=C(C)C(=O)OCCOOc1ccccc1. The Kier molecular flexibility index (Phi) is 5.08. The molecule has 0 fully saturated rings. The Balaban J connectivity index is 2.09. The van der Waals surface area contributed by atoms with Gasteiger partial charge in [-0.1, -0.05) is 24.8 Å². The molecule has 0 aliphatic heterocycles. The van der Waals surface area contributed by atoms with Crippen molar-refractivity contribution in [3.8, 4) is 5.75 Å². The van der Waals surface area contributed by atoms with E-state index in [2.05, 4.69) is 6.58 Å². The molecule has 1 rings (SSSR count). The minimum Gasteiger partial charge on any atom is -0.460 e. The van der Waals surface area contributed by atoms with Crippen molar-refractivity contribution in [1.82, 2.24) is 0 Å². The van der Waals surface area contributed by atoms with Gasteiger partial charge >= 0.3 is 5.97 Å². The molecule has 16 heavy (non-hydrogen) atoms. The van der Waals surface area contributed by atoms with Crippen LogP contribution < -0.4 is 4.89 Å². The number of esters is 1. The van der Waals surface area contributed by atoms with Crippen LogP contribution in [-0.2, 0) is 14.4 Å². The highest BCUT2D eigenvalue weighted by Gasteiger charge is 2.02. The van der Waals surface area contributed by atoms with E-state index in [1.807, 2.05) is 18.2 Å². The highest BCUT2D eigenvalue weighted by molar-refractivity contribution is 5.86. The van der Waals surface area contributed by atoms with Crippen molar-refractivity contribution in [3.05, 3.63) is 42.5 Å². The summed E-state index contributed by atoms with van der Waals surface area (Å²) in [6.07, 6.45) is 0. The Morgan fingerprint density at radius 1 is 1.25 bits per heavy atom. The quantitative estimate of drug-likeness (QED) is 0.243. The molecule has 0 aliphatic rings. The lowest BCUT2D eigenvalue weighted by Gasteiger charge is -2.05. The van der Waals surface area contributed by atoms with Crippen LogP contribution in [0.5, 0.6) is 5.75 Å². The van der Waals surface area contributed by atoms with E-state index in [0.717, 1.165) is 0 Å². The maximum absolute atomic E-state index is 11.0. The molecule has 86 valence electrons. The monoisotopic (exact) mass is 222 g/mol. The van der Waals surface area contributed by atoms with Crippen LogP contribution in [0.2, 0.25) is 0 Å². The normalized spacial score (nSPS) is 9.56. The van der Waals surface area contributed by atoms with Gasteiger partial charge in [0.1, 0.15) is 13.2 Å². The average molecular weight is 222 g/mol. The van der Waals surface area contributed by atoms with Crippen LogP contribution in [0.3, 0.4) is 0 Å². The predicted molar refractivity (Wildman–Crippen MR) is 58.8 cm³/mol. The summed E-state index contributed by atoms with van der Waals surface area (Å²) in [5.74, 6) is 0.178. The number of carbonyl (C=O) groups is 1. The molecule has 4 heteroatoms. The van der Waals surface area contributed by atoms with E-state index in [-0.39, 0.29) is 13.2 Å². The van der Waals surface area contributed by atoms with Crippen molar-refractivity contribution < 1.29 is 19.3 Å². The van der Waals surface area contributed by atoms with Gasteiger partial charge in [-0.2, -0.15) is 4.89 Å². The Bertz CT molecular complexity index is 345. The van der Waals surface area contributed by atoms with Gasteiger partial charge in [0.2, 0.25) is 0 Å². The number of carbonyl (C=O) groups excluding carboxylic acids is 1. The Morgan fingerprint density at radius 2 is 1.94 bits per heavy atom. The highest BCUT2D eigenvalue weighted by Crippen LogP contribution is 2.08. The van der Waals surface area contributed by atoms with Gasteiger partial charge in [-0.25, -0.2) is 4.79 Å². The standard InChI is InChI=1S/C12H14O4/c1-10(2)12(13)14-8-9-15-16-11-6-4-3-5-7-11/h3-7H,1,8-9H2,2H3. The lowest BCUT2D eigenvalue weighted by atomic mass is 10.3. The van der Waals surface area contributed by atoms with Gasteiger partial charge in [-0.3, -0.25) is 0 Å². The van der Waals surface area contributed by atoms with Gasteiger partial charge in [0.15, 0.2) is 5.75 Å². The van der Waals surface area contributed by atoms with Crippen LogP contribution in [0, 0.1) is 0 Å². The summed E-state index contributed by atoms with van der Waals surface area (Å²) in [6.45, 7) is 5.35. The summed E-state index contributed by atoms with van der Waals surface area (Å²) < 4.78 is 4.80. The van der Waals surface area contributed by atoms with Gasteiger partial charge in [0, 0.05) is 5.57 Å². The Hall–Kier alpha value is -1.81. The van der Waals surface area contributed by atoms with E-state index in [4.69, 9.17) is 14.5 Å². The van der Waals surface area contributed by atoms with Gasteiger partial charge in [0.05, 0.1) is 0 Å². The second kappa shape index (κ2) is 6.63. The smallest absolute Gasteiger partial charge is 0.333 e. The maximum Gasteiger partial charge on any atom is 0.333 e. The Labute approximate surface area is 94.4 Å². The first kappa shape index (κ1) is 12.3. The van der Waals surface area contributed by atoms with Crippen molar-refractivity contribution >= 4 is 5.97 Å². The average Bonchev–Trinajstić information content (AvgIpc) is 2.29. The molecule has 0 aliphatic carbocycles. The zero-order valence-electron chi connectivity index (χ0n) is 9.14. The zero-order valence-corrected chi connectivity index (χ0v) is 9.14.